The first kappa shape index (κ1) is 17.5. The van der Waals surface area contributed by atoms with Gasteiger partial charge in [-0.15, -0.1) is 0 Å². The number of thioether (sulfide) groups is 1. The highest BCUT2D eigenvalue weighted by Gasteiger charge is 2.16. The van der Waals surface area contributed by atoms with Crippen molar-refractivity contribution < 1.29 is 18.3 Å². The van der Waals surface area contributed by atoms with E-state index in [1.165, 1.54) is 30.0 Å². The molecule has 0 fully saturated rings. The average Bonchev–Trinajstić information content (AvgIpc) is 2.50. The number of rotatable bonds is 6. The lowest BCUT2D eigenvalue weighted by atomic mass is 10.3. The van der Waals surface area contributed by atoms with Gasteiger partial charge in [-0.3, -0.25) is 4.79 Å². The van der Waals surface area contributed by atoms with Crippen molar-refractivity contribution in [3.05, 3.63) is 47.6 Å². The molecule has 1 atom stereocenters. The van der Waals surface area contributed by atoms with Gasteiger partial charge in [0.15, 0.2) is 0 Å². The molecule has 1 unspecified atom stereocenters. The molecule has 1 N–H and O–H groups in total. The number of nitrogens with one attached hydrogen (secondary N) is 1. The van der Waals surface area contributed by atoms with Crippen LogP contribution in [0.25, 0.3) is 0 Å². The summed E-state index contributed by atoms with van der Waals surface area (Å²) in [5, 5.41) is 3.00. The molecule has 4 nitrogen and oxygen atoms in total. The Morgan fingerprint density at radius 1 is 1.35 bits per heavy atom. The van der Waals surface area contributed by atoms with Gasteiger partial charge in [0.2, 0.25) is 5.91 Å². The van der Waals surface area contributed by atoms with Crippen LogP contribution in [0.5, 0.6) is 5.75 Å². The van der Waals surface area contributed by atoms with Crippen molar-refractivity contribution in [3.63, 3.8) is 0 Å². The normalized spacial score (nSPS) is 12.0. The van der Waals surface area contributed by atoms with Gasteiger partial charge >= 0.3 is 6.61 Å². The minimum Gasteiger partial charge on any atom is -0.433 e. The summed E-state index contributed by atoms with van der Waals surface area (Å²) in [4.78, 5) is 16.3. The predicted molar refractivity (Wildman–Crippen MR) is 86.3 cm³/mol. The Morgan fingerprint density at radius 2 is 2.13 bits per heavy atom. The van der Waals surface area contributed by atoms with E-state index in [0.29, 0.717) is 5.69 Å². The van der Waals surface area contributed by atoms with Crippen LogP contribution in [0.3, 0.4) is 0 Å². The Kier molecular flexibility index (Phi) is 6.18. The number of carbonyl (C=O) groups is 1. The lowest BCUT2D eigenvalue weighted by Gasteiger charge is -2.13. The molecule has 2 aromatic rings. The van der Waals surface area contributed by atoms with E-state index in [4.69, 9.17) is 11.6 Å². The second-order valence-corrected chi connectivity index (χ2v) is 6.21. The van der Waals surface area contributed by atoms with E-state index in [-0.39, 0.29) is 21.9 Å². The summed E-state index contributed by atoms with van der Waals surface area (Å²) in [6.07, 6.45) is 1.65. The van der Waals surface area contributed by atoms with Crippen molar-refractivity contribution in [1.82, 2.24) is 4.98 Å². The smallest absolute Gasteiger partial charge is 0.387 e. The van der Waals surface area contributed by atoms with Gasteiger partial charge in [0.1, 0.15) is 5.75 Å². The number of nitrogens with zero attached hydrogens (tertiary/aromatic N) is 1. The lowest BCUT2D eigenvalue weighted by molar-refractivity contribution is -0.115. The van der Waals surface area contributed by atoms with Crippen LogP contribution in [0.2, 0.25) is 5.02 Å². The number of anilines is 1. The number of benzene rings is 1. The van der Waals surface area contributed by atoms with Crippen molar-refractivity contribution in [2.24, 2.45) is 0 Å². The largest absolute Gasteiger partial charge is 0.433 e. The van der Waals surface area contributed by atoms with Crippen LogP contribution in [-0.4, -0.2) is 22.8 Å². The predicted octanol–water partition coefficient (Wildman–Crippen LogP) is 4.46. The van der Waals surface area contributed by atoms with Crippen molar-refractivity contribution >= 4 is 35.0 Å². The van der Waals surface area contributed by atoms with Crippen molar-refractivity contribution in [1.29, 1.82) is 0 Å². The van der Waals surface area contributed by atoms with Crippen LogP contribution < -0.4 is 10.1 Å². The third-order valence-electron chi connectivity index (χ3n) is 2.72. The fourth-order valence-electron chi connectivity index (χ4n) is 1.67. The number of carbonyl (C=O) groups excluding carboxylic acids is 1. The summed E-state index contributed by atoms with van der Waals surface area (Å²) < 4.78 is 28.6. The van der Waals surface area contributed by atoms with Crippen molar-refractivity contribution in [2.45, 2.75) is 23.8 Å². The van der Waals surface area contributed by atoms with Gasteiger partial charge in [0, 0.05) is 11.9 Å². The fraction of sp³-hybridized carbons (Fsp3) is 0.200. The van der Waals surface area contributed by atoms with E-state index in [9.17, 15) is 13.6 Å². The van der Waals surface area contributed by atoms with Crippen molar-refractivity contribution in [3.8, 4) is 5.75 Å². The quantitative estimate of drug-likeness (QED) is 0.775. The van der Waals surface area contributed by atoms with Crippen LogP contribution in [0, 0.1) is 0 Å². The van der Waals surface area contributed by atoms with Crippen LogP contribution in [0.1, 0.15) is 6.92 Å². The number of pyridine rings is 1. The Labute approximate surface area is 141 Å². The lowest BCUT2D eigenvalue weighted by Crippen LogP contribution is -2.22. The van der Waals surface area contributed by atoms with Gasteiger partial charge in [-0.2, -0.15) is 8.78 Å². The summed E-state index contributed by atoms with van der Waals surface area (Å²) >= 11 is 7.15. The van der Waals surface area contributed by atoms with Crippen molar-refractivity contribution in [2.75, 3.05) is 5.32 Å². The number of aromatic nitrogens is 1. The van der Waals surface area contributed by atoms with E-state index < -0.39 is 6.61 Å². The summed E-state index contributed by atoms with van der Waals surface area (Å²) in [5.74, 6) is -0.394. The van der Waals surface area contributed by atoms with Crippen LogP contribution in [0.15, 0.2) is 47.6 Å². The van der Waals surface area contributed by atoms with E-state index >= 15 is 0 Å². The molecular weight excluding hydrogens is 346 g/mol. The Balaban J connectivity index is 1.98. The molecule has 0 bridgehead atoms. The molecule has 23 heavy (non-hydrogen) atoms. The zero-order valence-electron chi connectivity index (χ0n) is 12.0. The zero-order chi connectivity index (χ0) is 16.8. The highest BCUT2D eigenvalue weighted by Crippen LogP contribution is 2.29. The van der Waals surface area contributed by atoms with Crippen LogP contribution >= 0.6 is 23.4 Å². The van der Waals surface area contributed by atoms with Gasteiger partial charge in [-0.05, 0) is 37.3 Å². The number of amides is 1. The average molecular weight is 359 g/mol. The maximum atomic E-state index is 12.2. The van der Waals surface area contributed by atoms with Crippen LogP contribution in [-0.2, 0) is 4.79 Å². The third-order valence-corrected chi connectivity index (χ3v) is 4.07. The number of halogens is 3. The monoisotopic (exact) mass is 358 g/mol. The summed E-state index contributed by atoms with van der Waals surface area (Å²) in [6.45, 7) is -1.22. The Bertz CT molecular complexity index is 674. The molecule has 8 heteroatoms. The van der Waals surface area contributed by atoms with E-state index in [1.54, 1.807) is 19.2 Å². The molecule has 0 spiro atoms. The van der Waals surface area contributed by atoms with Gasteiger partial charge < -0.3 is 10.1 Å². The minimum absolute atomic E-state index is 0.00636. The Morgan fingerprint density at radius 3 is 2.74 bits per heavy atom. The third kappa shape index (κ3) is 5.37. The first-order chi connectivity index (χ1) is 11.0. The molecule has 1 amide bonds. The highest BCUT2D eigenvalue weighted by molar-refractivity contribution is 8.00. The first-order valence-electron chi connectivity index (χ1n) is 6.58. The fourth-order valence-corrected chi connectivity index (χ4v) is 2.70. The SMILES string of the molecule is CC(Sc1ccccn1)C(=O)Nc1ccc(OC(F)F)c(Cl)c1. The van der Waals surface area contributed by atoms with E-state index in [2.05, 4.69) is 15.0 Å². The maximum Gasteiger partial charge on any atom is 0.387 e. The van der Waals surface area contributed by atoms with E-state index in [0.717, 1.165) is 5.03 Å². The van der Waals surface area contributed by atoms with Crippen LogP contribution in [0.4, 0.5) is 14.5 Å². The zero-order valence-corrected chi connectivity index (χ0v) is 13.6. The maximum absolute atomic E-state index is 12.2. The molecule has 0 aliphatic heterocycles. The summed E-state index contributed by atoms with van der Waals surface area (Å²) in [6, 6.07) is 9.51. The second-order valence-electron chi connectivity index (χ2n) is 4.44. The molecular formula is C15H13ClF2N2O2S. The minimum atomic E-state index is -2.96. The molecule has 1 heterocycles. The summed E-state index contributed by atoms with van der Waals surface area (Å²) in [7, 11) is 0. The van der Waals surface area contributed by atoms with Gasteiger partial charge in [-0.1, -0.05) is 29.4 Å². The topological polar surface area (TPSA) is 51.2 Å². The first-order valence-corrected chi connectivity index (χ1v) is 7.84. The number of alkyl halides is 2. The molecule has 0 saturated heterocycles. The molecule has 0 aliphatic rings. The number of hydrogen-bond acceptors (Lipinski definition) is 4. The molecule has 0 saturated carbocycles. The molecule has 2 rings (SSSR count). The molecule has 0 aliphatic carbocycles. The Hall–Kier alpha value is -1.86. The molecule has 0 radical (unpaired) electrons. The molecule has 1 aromatic heterocycles. The highest BCUT2D eigenvalue weighted by atomic mass is 35.5. The van der Waals surface area contributed by atoms with E-state index in [1.807, 2.05) is 12.1 Å². The number of hydrogen-bond donors (Lipinski definition) is 1. The number of ether oxygens (including phenoxy) is 1. The van der Waals surface area contributed by atoms with Gasteiger partial charge in [0.05, 0.1) is 15.3 Å². The second kappa shape index (κ2) is 8.12. The van der Waals surface area contributed by atoms with Gasteiger partial charge in [0.25, 0.3) is 0 Å². The molecule has 1 aromatic carbocycles. The standard InChI is InChI=1S/C15H13ClF2N2O2S/c1-9(23-13-4-2-3-7-19-13)14(21)20-10-5-6-12(11(16)8-10)22-15(17)18/h2-9,15H,1H3,(H,20,21). The molecule has 122 valence electrons. The summed E-state index contributed by atoms with van der Waals surface area (Å²) in [5.41, 5.74) is 0.398. The van der Waals surface area contributed by atoms with Gasteiger partial charge in [-0.25, -0.2) is 4.98 Å².